The number of hydrogen-bond acceptors (Lipinski definition) is 2. The molecule has 0 aliphatic carbocycles. The first kappa shape index (κ1) is 14.0. The highest BCUT2D eigenvalue weighted by molar-refractivity contribution is 4.74. The zero-order valence-corrected chi connectivity index (χ0v) is 11.5. The van der Waals surface area contributed by atoms with E-state index in [9.17, 15) is 0 Å². The van der Waals surface area contributed by atoms with Gasteiger partial charge in [-0.3, -0.25) is 0 Å². The van der Waals surface area contributed by atoms with Crippen LogP contribution in [0.3, 0.4) is 0 Å². The van der Waals surface area contributed by atoms with E-state index in [2.05, 4.69) is 33.0 Å². The summed E-state index contributed by atoms with van der Waals surface area (Å²) < 4.78 is 5.37. The number of hydrogen-bond donors (Lipinski definition) is 1. The van der Waals surface area contributed by atoms with Gasteiger partial charge in [-0.1, -0.05) is 27.7 Å². The summed E-state index contributed by atoms with van der Waals surface area (Å²) in [5, 5.41) is 3.65. The highest BCUT2D eigenvalue weighted by Gasteiger charge is 2.20. The second-order valence-electron chi connectivity index (χ2n) is 6.45. The zero-order chi connectivity index (χ0) is 12.0. The minimum atomic E-state index is 0.430. The topological polar surface area (TPSA) is 21.3 Å². The second-order valence-corrected chi connectivity index (χ2v) is 6.45. The Morgan fingerprint density at radius 3 is 2.44 bits per heavy atom. The van der Waals surface area contributed by atoms with E-state index in [0.29, 0.717) is 5.41 Å². The molecule has 1 aliphatic rings. The summed E-state index contributed by atoms with van der Waals surface area (Å²) in [6.45, 7) is 13.6. The van der Waals surface area contributed by atoms with Gasteiger partial charge in [0.2, 0.25) is 0 Å². The van der Waals surface area contributed by atoms with Gasteiger partial charge in [0.1, 0.15) is 0 Å². The molecule has 0 aromatic heterocycles. The van der Waals surface area contributed by atoms with Crippen LogP contribution in [0.5, 0.6) is 0 Å². The van der Waals surface area contributed by atoms with Gasteiger partial charge in [0.05, 0.1) is 0 Å². The highest BCUT2D eigenvalue weighted by Crippen LogP contribution is 2.24. The van der Waals surface area contributed by atoms with Crippen LogP contribution in [0.2, 0.25) is 0 Å². The second kappa shape index (κ2) is 6.61. The van der Waals surface area contributed by atoms with Crippen LogP contribution in [0.1, 0.15) is 47.0 Å². The summed E-state index contributed by atoms with van der Waals surface area (Å²) in [7, 11) is 0. The van der Waals surface area contributed by atoms with Crippen molar-refractivity contribution in [2.45, 2.75) is 47.0 Å². The number of nitrogens with one attached hydrogen (secondary N) is 1. The van der Waals surface area contributed by atoms with Gasteiger partial charge in [-0.05, 0) is 43.1 Å². The molecule has 0 aromatic rings. The summed E-state index contributed by atoms with van der Waals surface area (Å²) in [6.07, 6.45) is 3.77. The molecule has 0 radical (unpaired) electrons. The Hall–Kier alpha value is -0.0800. The molecular formula is C14H29NO. The molecule has 0 saturated carbocycles. The predicted molar refractivity (Wildman–Crippen MR) is 69.6 cm³/mol. The molecule has 0 amide bonds. The van der Waals surface area contributed by atoms with Gasteiger partial charge in [0.15, 0.2) is 0 Å². The molecular weight excluding hydrogens is 198 g/mol. The van der Waals surface area contributed by atoms with Crippen LogP contribution in [-0.4, -0.2) is 26.3 Å². The predicted octanol–water partition coefficient (Wildman–Crippen LogP) is 3.07. The molecule has 16 heavy (non-hydrogen) atoms. The van der Waals surface area contributed by atoms with Gasteiger partial charge in [-0.2, -0.15) is 0 Å². The summed E-state index contributed by atoms with van der Waals surface area (Å²) in [5.41, 5.74) is 0.430. The van der Waals surface area contributed by atoms with Crippen LogP contribution in [0.25, 0.3) is 0 Å². The van der Waals surface area contributed by atoms with Crippen LogP contribution in [0, 0.1) is 17.3 Å². The third kappa shape index (κ3) is 5.86. The van der Waals surface area contributed by atoms with Crippen LogP contribution < -0.4 is 5.32 Å². The summed E-state index contributed by atoms with van der Waals surface area (Å²) in [5.74, 6) is 1.63. The average molecular weight is 227 g/mol. The molecule has 1 heterocycles. The van der Waals surface area contributed by atoms with Crippen molar-refractivity contribution in [1.29, 1.82) is 0 Å². The normalized spacial score (nSPS) is 19.3. The van der Waals surface area contributed by atoms with E-state index in [0.717, 1.165) is 31.6 Å². The van der Waals surface area contributed by atoms with Gasteiger partial charge in [-0.25, -0.2) is 0 Å². The Kier molecular flexibility index (Phi) is 5.77. The monoisotopic (exact) mass is 227 g/mol. The first-order valence-corrected chi connectivity index (χ1v) is 6.78. The Labute approximate surface area is 101 Å². The maximum atomic E-state index is 5.37. The van der Waals surface area contributed by atoms with E-state index < -0.39 is 0 Å². The van der Waals surface area contributed by atoms with Gasteiger partial charge in [0.25, 0.3) is 0 Å². The molecule has 1 aliphatic heterocycles. The number of ether oxygens (including phenoxy) is 1. The maximum absolute atomic E-state index is 5.37. The molecule has 96 valence electrons. The zero-order valence-electron chi connectivity index (χ0n) is 11.5. The van der Waals surface area contributed by atoms with Gasteiger partial charge < -0.3 is 10.1 Å². The fraction of sp³-hybridized carbons (Fsp3) is 1.00. The first-order chi connectivity index (χ1) is 7.49. The number of rotatable bonds is 6. The third-order valence-electron chi connectivity index (χ3n) is 3.34. The lowest BCUT2D eigenvalue weighted by Crippen LogP contribution is -2.35. The molecule has 1 rings (SSSR count). The van der Waals surface area contributed by atoms with Crippen molar-refractivity contribution in [1.82, 2.24) is 5.32 Å². The molecule has 2 nitrogen and oxygen atoms in total. The molecule has 1 fully saturated rings. The van der Waals surface area contributed by atoms with Gasteiger partial charge in [0, 0.05) is 19.8 Å². The third-order valence-corrected chi connectivity index (χ3v) is 3.34. The van der Waals surface area contributed by atoms with Crippen molar-refractivity contribution in [3.05, 3.63) is 0 Å². The minimum Gasteiger partial charge on any atom is -0.381 e. The van der Waals surface area contributed by atoms with Crippen LogP contribution >= 0.6 is 0 Å². The quantitative estimate of drug-likeness (QED) is 0.753. The molecule has 0 spiro atoms. The Morgan fingerprint density at radius 1 is 1.25 bits per heavy atom. The maximum Gasteiger partial charge on any atom is 0.0469 e. The van der Waals surface area contributed by atoms with Crippen molar-refractivity contribution >= 4 is 0 Å². The lowest BCUT2D eigenvalue weighted by atomic mass is 9.84. The molecule has 0 aromatic carbocycles. The Bertz CT molecular complexity index is 183. The SMILES string of the molecule is CC(C)CC(C)(C)CNCC1CCOCC1. The Balaban J connectivity index is 2.13. The van der Waals surface area contributed by atoms with Gasteiger partial charge >= 0.3 is 0 Å². The fourth-order valence-electron chi connectivity index (χ4n) is 2.74. The average Bonchev–Trinajstić information content (AvgIpc) is 2.16. The van der Waals surface area contributed by atoms with E-state index in [1.54, 1.807) is 0 Å². The van der Waals surface area contributed by atoms with Gasteiger partial charge in [-0.15, -0.1) is 0 Å². The van der Waals surface area contributed by atoms with Crippen molar-refractivity contribution in [3.8, 4) is 0 Å². The summed E-state index contributed by atoms with van der Waals surface area (Å²) in [6, 6.07) is 0. The lowest BCUT2D eigenvalue weighted by Gasteiger charge is -2.29. The summed E-state index contributed by atoms with van der Waals surface area (Å²) >= 11 is 0. The van der Waals surface area contributed by atoms with Crippen LogP contribution in [-0.2, 0) is 4.74 Å². The van der Waals surface area contributed by atoms with Crippen LogP contribution in [0.4, 0.5) is 0 Å². The molecule has 0 bridgehead atoms. The van der Waals surface area contributed by atoms with E-state index in [1.165, 1.54) is 25.8 Å². The smallest absolute Gasteiger partial charge is 0.0469 e. The fourth-order valence-corrected chi connectivity index (χ4v) is 2.74. The minimum absolute atomic E-state index is 0.430. The largest absolute Gasteiger partial charge is 0.381 e. The van der Waals surface area contributed by atoms with E-state index in [4.69, 9.17) is 4.74 Å². The summed E-state index contributed by atoms with van der Waals surface area (Å²) in [4.78, 5) is 0. The Morgan fingerprint density at radius 2 is 1.88 bits per heavy atom. The van der Waals surface area contributed by atoms with Crippen molar-refractivity contribution in [3.63, 3.8) is 0 Å². The molecule has 0 unspecified atom stereocenters. The van der Waals surface area contributed by atoms with E-state index in [1.807, 2.05) is 0 Å². The van der Waals surface area contributed by atoms with Crippen molar-refractivity contribution in [2.24, 2.45) is 17.3 Å². The molecule has 1 N–H and O–H groups in total. The molecule has 2 heteroatoms. The molecule has 1 saturated heterocycles. The van der Waals surface area contributed by atoms with Crippen LogP contribution in [0.15, 0.2) is 0 Å². The standard InChI is InChI=1S/C14H29NO/c1-12(2)9-14(3,4)11-15-10-13-5-7-16-8-6-13/h12-13,15H,5-11H2,1-4H3. The van der Waals surface area contributed by atoms with E-state index >= 15 is 0 Å². The molecule has 0 atom stereocenters. The lowest BCUT2D eigenvalue weighted by molar-refractivity contribution is 0.0654. The van der Waals surface area contributed by atoms with E-state index in [-0.39, 0.29) is 0 Å². The van der Waals surface area contributed by atoms with Crippen molar-refractivity contribution < 1.29 is 4.74 Å². The van der Waals surface area contributed by atoms with Crippen molar-refractivity contribution in [2.75, 3.05) is 26.3 Å². The highest BCUT2D eigenvalue weighted by atomic mass is 16.5. The first-order valence-electron chi connectivity index (χ1n) is 6.78.